The van der Waals surface area contributed by atoms with Gasteiger partial charge in [0.1, 0.15) is 11.4 Å². The summed E-state index contributed by atoms with van der Waals surface area (Å²) in [5.74, 6) is 1.26. The molecule has 3 N–H and O–H groups in total. The van der Waals surface area contributed by atoms with E-state index in [1.807, 2.05) is 6.92 Å². The molecule has 5 nitrogen and oxygen atoms in total. The first-order chi connectivity index (χ1) is 12.1. The highest BCUT2D eigenvalue weighted by atomic mass is 16.4. The van der Waals surface area contributed by atoms with Crippen molar-refractivity contribution < 1.29 is 9.52 Å². The number of aryl methyl sites for hydroxylation is 1. The first-order valence-electron chi connectivity index (χ1n) is 8.96. The summed E-state index contributed by atoms with van der Waals surface area (Å²) in [6, 6.07) is 12.5. The van der Waals surface area contributed by atoms with Crippen molar-refractivity contribution in [3.63, 3.8) is 0 Å². The molecule has 0 bridgehead atoms. The van der Waals surface area contributed by atoms with E-state index in [0.29, 0.717) is 11.8 Å². The Balaban J connectivity index is 1.65. The summed E-state index contributed by atoms with van der Waals surface area (Å²) in [6.45, 7) is 4.77. The van der Waals surface area contributed by atoms with Crippen LogP contribution in [0.15, 0.2) is 52.1 Å². The number of aliphatic imine (C=N–C) groups is 1. The maximum atomic E-state index is 10.6. The van der Waals surface area contributed by atoms with Gasteiger partial charge in [0.05, 0.1) is 12.8 Å². The third-order valence-corrected chi connectivity index (χ3v) is 4.63. The van der Waals surface area contributed by atoms with Gasteiger partial charge in [0.2, 0.25) is 0 Å². The van der Waals surface area contributed by atoms with Gasteiger partial charge in [-0.2, -0.15) is 0 Å². The lowest BCUT2D eigenvalue weighted by Crippen LogP contribution is -2.46. The summed E-state index contributed by atoms with van der Waals surface area (Å²) in [7, 11) is 0. The molecule has 0 aliphatic heterocycles. The highest BCUT2D eigenvalue weighted by Gasteiger charge is 2.26. The molecule has 0 saturated heterocycles. The van der Waals surface area contributed by atoms with Crippen LogP contribution in [0.4, 0.5) is 0 Å². The maximum absolute atomic E-state index is 10.6. The molecule has 25 heavy (non-hydrogen) atoms. The fraction of sp³-hybridized carbons (Fsp3) is 0.450. The molecule has 1 aromatic carbocycles. The van der Waals surface area contributed by atoms with Crippen molar-refractivity contribution in [2.45, 2.75) is 44.8 Å². The number of benzene rings is 1. The van der Waals surface area contributed by atoms with E-state index in [0.717, 1.165) is 31.8 Å². The second kappa shape index (κ2) is 7.74. The van der Waals surface area contributed by atoms with Crippen molar-refractivity contribution in [1.82, 2.24) is 10.6 Å². The Morgan fingerprint density at radius 1 is 1.28 bits per heavy atom. The smallest absolute Gasteiger partial charge is 0.191 e. The van der Waals surface area contributed by atoms with Crippen LogP contribution in [0.3, 0.4) is 0 Å². The summed E-state index contributed by atoms with van der Waals surface area (Å²) < 4.78 is 5.32. The molecule has 0 spiro atoms. The monoisotopic (exact) mass is 341 g/mol. The minimum Gasteiger partial charge on any atom is -0.466 e. The van der Waals surface area contributed by atoms with Gasteiger partial charge in [-0.1, -0.05) is 24.3 Å². The van der Waals surface area contributed by atoms with Gasteiger partial charge in [-0.25, -0.2) is 4.99 Å². The zero-order valence-electron chi connectivity index (χ0n) is 15.0. The van der Waals surface area contributed by atoms with Crippen molar-refractivity contribution in [1.29, 1.82) is 0 Å². The fourth-order valence-corrected chi connectivity index (χ4v) is 3.23. The molecule has 1 aromatic heterocycles. The second-order valence-electron chi connectivity index (χ2n) is 6.80. The average molecular weight is 341 g/mol. The number of hydrogen-bond donors (Lipinski definition) is 3. The lowest BCUT2D eigenvalue weighted by atomic mass is 9.88. The molecular weight excluding hydrogens is 314 g/mol. The van der Waals surface area contributed by atoms with Gasteiger partial charge in [-0.15, -0.1) is 0 Å². The molecule has 2 unspecified atom stereocenters. The Kier molecular flexibility index (Phi) is 5.43. The van der Waals surface area contributed by atoms with Gasteiger partial charge in [-0.3, -0.25) is 0 Å². The second-order valence-corrected chi connectivity index (χ2v) is 6.80. The standard InChI is InChI=1S/C20H27N3O2/c1-3-21-19(22-14-20(2,24)18-9-6-12-25-18)23-17-11-10-15-7-4-5-8-16(15)13-17/h4-9,12,17,24H,3,10-11,13-14H2,1-2H3,(H2,21,22,23). The Labute approximate surface area is 149 Å². The summed E-state index contributed by atoms with van der Waals surface area (Å²) in [5.41, 5.74) is 1.73. The van der Waals surface area contributed by atoms with Gasteiger partial charge in [0, 0.05) is 12.6 Å². The molecule has 1 aliphatic carbocycles. The number of nitrogens with one attached hydrogen (secondary N) is 2. The van der Waals surface area contributed by atoms with Crippen LogP contribution < -0.4 is 10.6 Å². The van der Waals surface area contributed by atoms with Crippen LogP contribution in [0.5, 0.6) is 0 Å². The largest absolute Gasteiger partial charge is 0.466 e. The van der Waals surface area contributed by atoms with Crippen LogP contribution in [0, 0.1) is 0 Å². The molecule has 0 fully saturated rings. The zero-order chi connectivity index (χ0) is 17.7. The zero-order valence-corrected chi connectivity index (χ0v) is 15.0. The lowest BCUT2D eigenvalue weighted by molar-refractivity contribution is 0.0436. The maximum Gasteiger partial charge on any atom is 0.191 e. The summed E-state index contributed by atoms with van der Waals surface area (Å²) >= 11 is 0. The topological polar surface area (TPSA) is 69.8 Å². The predicted molar refractivity (Wildman–Crippen MR) is 99.6 cm³/mol. The summed E-state index contributed by atoms with van der Waals surface area (Å²) in [6.07, 6.45) is 4.72. The van der Waals surface area contributed by atoms with Crippen molar-refractivity contribution in [3.05, 3.63) is 59.5 Å². The first kappa shape index (κ1) is 17.5. The van der Waals surface area contributed by atoms with Crippen molar-refractivity contribution in [2.75, 3.05) is 13.1 Å². The molecule has 2 atom stereocenters. The molecule has 0 radical (unpaired) electrons. The Morgan fingerprint density at radius 3 is 2.80 bits per heavy atom. The minimum atomic E-state index is -1.12. The Morgan fingerprint density at radius 2 is 2.08 bits per heavy atom. The van der Waals surface area contributed by atoms with Crippen molar-refractivity contribution >= 4 is 5.96 Å². The van der Waals surface area contributed by atoms with E-state index in [-0.39, 0.29) is 6.54 Å². The number of nitrogens with zero attached hydrogens (tertiary/aromatic N) is 1. The first-order valence-corrected chi connectivity index (χ1v) is 8.96. The molecule has 134 valence electrons. The molecule has 3 rings (SSSR count). The van der Waals surface area contributed by atoms with Crippen LogP contribution in [0.25, 0.3) is 0 Å². The van der Waals surface area contributed by atoms with Crippen molar-refractivity contribution in [3.8, 4) is 0 Å². The SMILES string of the molecule is CCNC(=NCC(C)(O)c1ccco1)NC1CCc2ccccc2C1. The van der Waals surface area contributed by atoms with Gasteiger partial charge in [-0.05, 0) is 56.4 Å². The molecular formula is C20H27N3O2. The van der Waals surface area contributed by atoms with E-state index in [4.69, 9.17) is 4.42 Å². The Hall–Kier alpha value is -2.27. The number of furan rings is 1. The number of fused-ring (bicyclic) bond motifs is 1. The van der Waals surface area contributed by atoms with Crippen LogP contribution in [-0.2, 0) is 18.4 Å². The van der Waals surface area contributed by atoms with Gasteiger partial charge >= 0.3 is 0 Å². The number of hydrogen-bond acceptors (Lipinski definition) is 3. The summed E-state index contributed by atoms with van der Waals surface area (Å²) in [4.78, 5) is 4.58. The fourth-order valence-electron chi connectivity index (χ4n) is 3.23. The molecule has 1 heterocycles. The van der Waals surface area contributed by atoms with Crippen molar-refractivity contribution in [2.24, 2.45) is 4.99 Å². The lowest BCUT2D eigenvalue weighted by Gasteiger charge is -2.27. The highest BCUT2D eigenvalue weighted by molar-refractivity contribution is 5.80. The minimum absolute atomic E-state index is 0.235. The van der Waals surface area contributed by atoms with E-state index < -0.39 is 5.60 Å². The van der Waals surface area contributed by atoms with Crippen LogP contribution in [0.2, 0.25) is 0 Å². The van der Waals surface area contributed by atoms with E-state index in [1.54, 1.807) is 25.3 Å². The third kappa shape index (κ3) is 4.42. The molecule has 5 heteroatoms. The van der Waals surface area contributed by atoms with Gasteiger partial charge in [0.25, 0.3) is 0 Å². The molecule has 0 saturated carbocycles. The van der Waals surface area contributed by atoms with E-state index in [1.165, 1.54) is 11.1 Å². The van der Waals surface area contributed by atoms with E-state index in [2.05, 4.69) is 39.9 Å². The third-order valence-electron chi connectivity index (χ3n) is 4.63. The quantitative estimate of drug-likeness (QED) is 0.577. The molecule has 1 aliphatic rings. The summed E-state index contributed by atoms with van der Waals surface area (Å²) in [5, 5.41) is 17.4. The number of guanidine groups is 1. The van der Waals surface area contributed by atoms with Gasteiger partial charge in [0.15, 0.2) is 5.96 Å². The van der Waals surface area contributed by atoms with Crippen LogP contribution in [0.1, 0.15) is 37.2 Å². The van der Waals surface area contributed by atoms with Crippen LogP contribution in [-0.4, -0.2) is 30.2 Å². The number of aliphatic hydroxyl groups is 1. The van der Waals surface area contributed by atoms with E-state index in [9.17, 15) is 5.11 Å². The highest BCUT2D eigenvalue weighted by Crippen LogP contribution is 2.22. The predicted octanol–water partition coefficient (Wildman–Crippen LogP) is 2.60. The van der Waals surface area contributed by atoms with E-state index >= 15 is 0 Å². The Bertz CT molecular complexity index is 707. The average Bonchev–Trinajstić information content (AvgIpc) is 3.15. The normalized spacial score (nSPS) is 19.8. The van der Waals surface area contributed by atoms with Crippen LogP contribution >= 0.6 is 0 Å². The number of rotatable bonds is 5. The van der Waals surface area contributed by atoms with Gasteiger partial charge < -0.3 is 20.2 Å². The molecule has 0 amide bonds. The molecule has 2 aromatic rings.